The third kappa shape index (κ3) is 2.71. The number of hydrogen-bond acceptors (Lipinski definition) is 0. The molecule has 2 aromatic carbocycles. The van der Waals surface area contributed by atoms with Crippen LogP contribution in [0.2, 0.25) is 0 Å². The van der Waals surface area contributed by atoms with Crippen molar-refractivity contribution in [2.24, 2.45) is 0 Å². The Morgan fingerprint density at radius 1 is 0.417 bits per heavy atom. The summed E-state index contributed by atoms with van der Waals surface area (Å²) in [5.41, 5.74) is -3.48. The summed E-state index contributed by atoms with van der Waals surface area (Å²) >= 11 is 0. The highest BCUT2D eigenvalue weighted by Crippen LogP contribution is 2.27. The fourth-order valence-electron chi connectivity index (χ4n) is 2.13. The molecule has 0 fully saturated rings. The van der Waals surface area contributed by atoms with E-state index in [4.69, 9.17) is 0 Å². The van der Waals surface area contributed by atoms with E-state index in [1.807, 2.05) is 0 Å². The lowest BCUT2D eigenvalue weighted by Crippen LogP contribution is -2.11. The van der Waals surface area contributed by atoms with Gasteiger partial charge < -0.3 is 0 Å². The van der Waals surface area contributed by atoms with E-state index in [1.165, 1.54) is 0 Å². The lowest BCUT2D eigenvalue weighted by molar-refractivity contribution is 0.369. The Bertz CT molecular complexity index is 699. The van der Waals surface area contributed by atoms with Crippen LogP contribution in [0.15, 0.2) is 0 Å². The molecule has 0 saturated carbocycles. The Labute approximate surface area is 129 Å². The van der Waals surface area contributed by atoms with E-state index in [0.717, 1.165) is 6.92 Å². The molecule has 0 amide bonds. The number of halogens is 9. The van der Waals surface area contributed by atoms with Crippen molar-refractivity contribution in [3.8, 4) is 0 Å². The first-order valence-corrected chi connectivity index (χ1v) is 6.41. The van der Waals surface area contributed by atoms with Gasteiger partial charge in [0.2, 0.25) is 5.82 Å². The number of rotatable bonds is 3. The van der Waals surface area contributed by atoms with Crippen LogP contribution in [0.1, 0.15) is 16.7 Å². The van der Waals surface area contributed by atoms with E-state index < -0.39 is 81.9 Å². The van der Waals surface area contributed by atoms with Crippen LogP contribution < -0.4 is 0 Å². The molecule has 0 radical (unpaired) electrons. The van der Waals surface area contributed by atoms with Crippen molar-refractivity contribution < 1.29 is 39.5 Å². The van der Waals surface area contributed by atoms with Crippen molar-refractivity contribution in [1.29, 1.82) is 0 Å². The molecule has 0 aliphatic rings. The molecule has 0 aromatic heterocycles. The average Bonchev–Trinajstić information content (AvgIpc) is 2.57. The maximum Gasteiger partial charge on any atom is 0.200 e. The van der Waals surface area contributed by atoms with Crippen LogP contribution in [0.5, 0.6) is 0 Å². The van der Waals surface area contributed by atoms with E-state index in [0.29, 0.717) is 0 Å². The quantitative estimate of drug-likeness (QED) is 0.410. The van der Waals surface area contributed by atoms with Crippen molar-refractivity contribution in [3.05, 3.63) is 69.0 Å². The summed E-state index contributed by atoms with van der Waals surface area (Å²) in [4.78, 5) is 0. The van der Waals surface area contributed by atoms with Crippen molar-refractivity contribution in [1.82, 2.24) is 0 Å². The molecule has 0 saturated heterocycles. The fraction of sp³-hybridized carbons (Fsp3) is 0.200. The van der Waals surface area contributed by atoms with E-state index >= 15 is 0 Å². The smallest absolute Gasteiger partial charge is 0.200 e. The minimum absolute atomic E-state index is 0.769. The molecule has 0 N–H and O–H groups in total. The standard InChI is InChI=1S/C15H7F9/c1-4-7(16)9(18)5(10(19)8(4)17)2-3-6-11(20)13(22)15(24)14(23)12(6)21/h2-3H2,1H3. The SMILES string of the molecule is Cc1c(F)c(F)c(CCc2c(F)c(F)c(F)c(F)c2F)c(F)c1F. The third-order valence-electron chi connectivity index (χ3n) is 3.50. The highest BCUT2D eigenvalue weighted by molar-refractivity contribution is 5.31. The molecule has 0 bridgehead atoms. The molecular formula is C15H7F9. The van der Waals surface area contributed by atoms with Crippen molar-refractivity contribution in [3.63, 3.8) is 0 Å². The highest BCUT2D eigenvalue weighted by atomic mass is 19.2. The second-order valence-corrected chi connectivity index (χ2v) is 4.91. The molecule has 0 aliphatic heterocycles. The van der Waals surface area contributed by atoms with E-state index in [2.05, 4.69) is 0 Å². The molecule has 130 valence electrons. The van der Waals surface area contributed by atoms with Gasteiger partial charge in [0.15, 0.2) is 46.5 Å². The van der Waals surface area contributed by atoms with Gasteiger partial charge in [0, 0.05) is 16.7 Å². The fourth-order valence-corrected chi connectivity index (χ4v) is 2.13. The van der Waals surface area contributed by atoms with Crippen molar-refractivity contribution in [2.75, 3.05) is 0 Å². The van der Waals surface area contributed by atoms with Gasteiger partial charge in [0.25, 0.3) is 0 Å². The van der Waals surface area contributed by atoms with Crippen molar-refractivity contribution >= 4 is 0 Å². The molecule has 0 aliphatic carbocycles. The Morgan fingerprint density at radius 3 is 1.00 bits per heavy atom. The zero-order valence-electron chi connectivity index (χ0n) is 11.8. The minimum Gasteiger partial charge on any atom is -0.203 e. The third-order valence-corrected chi connectivity index (χ3v) is 3.50. The van der Waals surface area contributed by atoms with Gasteiger partial charge in [-0.25, -0.2) is 39.5 Å². The second kappa shape index (κ2) is 6.37. The number of benzene rings is 2. The van der Waals surface area contributed by atoms with Crippen LogP contribution in [0, 0.1) is 59.3 Å². The largest absolute Gasteiger partial charge is 0.203 e. The molecule has 0 spiro atoms. The molecule has 0 unspecified atom stereocenters. The Balaban J connectivity index is 2.48. The van der Waals surface area contributed by atoms with Gasteiger partial charge in [-0.15, -0.1) is 0 Å². The summed E-state index contributed by atoms with van der Waals surface area (Å²) in [6.45, 7) is 0.769. The minimum atomic E-state index is -2.39. The summed E-state index contributed by atoms with van der Waals surface area (Å²) in [5.74, 6) is -18.2. The first kappa shape index (κ1) is 18.2. The molecule has 24 heavy (non-hydrogen) atoms. The highest BCUT2D eigenvalue weighted by Gasteiger charge is 2.27. The van der Waals surface area contributed by atoms with E-state index in [-0.39, 0.29) is 0 Å². The first-order valence-electron chi connectivity index (χ1n) is 6.41. The number of hydrogen-bond donors (Lipinski definition) is 0. The Hall–Kier alpha value is -2.19. The summed E-state index contributed by atoms with van der Waals surface area (Å²) in [6.07, 6.45) is -2.09. The van der Waals surface area contributed by atoms with Crippen LogP contribution in [0.25, 0.3) is 0 Å². The topological polar surface area (TPSA) is 0 Å². The Kier molecular flexibility index (Phi) is 4.82. The maximum absolute atomic E-state index is 13.7. The molecule has 2 aromatic rings. The van der Waals surface area contributed by atoms with Crippen LogP contribution in [-0.4, -0.2) is 0 Å². The predicted octanol–water partition coefficient (Wildman–Crippen LogP) is 5.03. The zero-order valence-corrected chi connectivity index (χ0v) is 11.8. The summed E-state index contributed by atoms with van der Waals surface area (Å²) in [5, 5.41) is 0. The van der Waals surface area contributed by atoms with Gasteiger partial charge in [0.1, 0.15) is 0 Å². The Morgan fingerprint density at radius 2 is 0.667 bits per heavy atom. The molecular weight excluding hydrogens is 351 g/mol. The predicted molar refractivity (Wildman–Crippen MR) is 64.7 cm³/mol. The molecule has 2 rings (SSSR count). The van der Waals surface area contributed by atoms with Crippen LogP contribution >= 0.6 is 0 Å². The maximum atomic E-state index is 13.7. The summed E-state index contributed by atoms with van der Waals surface area (Å²) in [6, 6.07) is 0. The summed E-state index contributed by atoms with van der Waals surface area (Å²) < 4.78 is 120. The average molecular weight is 358 g/mol. The van der Waals surface area contributed by atoms with E-state index in [9.17, 15) is 39.5 Å². The lowest BCUT2D eigenvalue weighted by Gasteiger charge is -2.11. The van der Waals surface area contributed by atoms with Gasteiger partial charge in [-0.1, -0.05) is 0 Å². The second-order valence-electron chi connectivity index (χ2n) is 4.91. The molecule has 9 heteroatoms. The van der Waals surface area contributed by atoms with Gasteiger partial charge >= 0.3 is 0 Å². The van der Waals surface area contributed by atoms with Gasteiger partial charge in [0.05, 0.1) is 0 Å². The summed E-state index contributed by atoms with van der Waals surface area (Å²) in [7, 11) is 0. The van der Waals surface area contributed by atoms with Crippen LogP contribution in [0.4, 0.5) is 39.5 Å². The zero-order chi connectivity index (χ0) is 18.3. The van der Waals surface area contributed by atoms with Crippen LogP contribution in [-0.2, 0) is 12.8 Å². The monoisotopic (exact) mass is 358 g/mol. The molecule has 0 atom stereocenters. The first-order chi connectivity index (χ1) is 11.1. The van der Waals surface area contributed by atoms with Gasteiger partial charge in [-0.2, -0.15) is 0 Å². The van der Waals surface area contributed by atoms with Gasteiger partial charge in [-0.3, -0.25) is 0 Å². The molecule has 0 heterocycles. The van der Waals surface area contributed by atoms with E-state index in [1.54, 1.807) is 0 Å². The van der Waals surface area contributed by atoms with Gasteiger partial charge in [-0.05, 0) is 19.8 Å². The van der Waals surface area contributed by atoms with Crippen molar-refractivity contribution in [2.45, 2.75) is 19.8 Å². The van der Waals surface area contributed by atoms with Crippen LogP contribution in [0.3, 0.4) is 0 Å². The normalized spacial score (nSPS) is 11.2. The molecule has 0 nitrogen and oxygen atoms in total. The lowest BCUT2D eigenvalue weighted by atomic mass is 10.00.